The zero-order chi connectivity index (χ0) is 15.1. The Morgan fingerprint density at radius 2 is 2.29 bits per heavy atom. The van der Waals surface area contributed by atoms with Gasteiger partial charge in [0.15, 0.2) is 0 Å². The average molecular weight is 356 g/mol. The molecular formula is C17H26BrNO2. The number of unbranched alkanes of at least 4 members (excludes halogenated alkanes) is 1. The highest BCUT2D eigenvalue weighted by atomic mass is 79.9. The minimum Gasteiger partial charge on any atom is -0.385 e. The fraction of sp³-hybridized carbons (Fsp3) is 0.647. The lowest BCUT2D eigenvalue weighted by Gasteiger charge is -2.39. The zero-order valence-corrected chi connectivity index (χ0v) is 14.4. The van der Waals surface area contributed by atoms with Crippen molar-refractivity contribution in [3.05, 3.63) is 34.3 Å². The predicted molar refractivity (Wildman–Crippen MR) is 89.4 cm³/mol. The lowest BCUT2D eigenvalue weighted by Crippen LogP contribution is -2.44. The average Bonchev–Trinajstić information content (AvgIpc) is 2.52. The van der Waals surface area contributed by atoms with E-state index in [2.05, 4.69) is 33.4 Å². The van der Waals surface area contributed by atoms with Gasteiger partial charge >= 0.3 is 0 Å². The number of hydrogen-bond acceptors (Lipinski definition) is 3. The van der Waals surface area contributed by atoms with Crippen LogP contribution in [0.5, 0.6) is 0 Å². The predicted octanol–water partition coefficient (Wildman–Crippen LogP) is 3.45. The fourth-order valence-corrected chi connectivity index (χ4v) is 3.64. The summed E-state index contributed by atoms with van der Waals surface area (Å²) in [5.41, 5.74) is 0.285. The van der Waals surface area contributed by atoms with Gasteiger partial charge in [0.05, 0.1) is 5.60 Å². The number of rotatable bonds is 7. The van der Waals surface area contributed by atoms with E-state index in [0.717, 1.165) is 61.8 Å². The summed E-state index contributed by atoms with van der Waals surface area (Å²) in [7, 11) is 1.73. The van der Waals surface area contributed by atoms with E-state index in [1.54, 1.807) is 7.11 Å². The third kappa shape index (κ3) is 4.52. The maximum atomic E-state index is 11.4. The molecular weight excluding hydrogens is 330 g/mol. The van der Waals surface area contributed by atoms with Gasteiger partial charge in [0.1, 0.15) is 0 Å². The Morgan fingerprint density at radius 3 is 2.95 bits per heavy atom. The quantitative estimate of drug-likeness (QED) is 0.736. The van der Waals surface area contributed by atoms with Crippen molar-refractivity contribution in [2.75, 3.05) is 26.8 Å². The van der Waals surface area contributed by atoms with Gasteiger partial charge in [-0.25, -0.2) is 0 Å². The van der Waals surface area contributed by atoms with E-state index in [9.17, 15) is 5.11 Å². The molecule has 0 saturated carbocycles. The number of piperidine rings is 1. The van der Waals surface area contributed by atoms with Crippen LogP contribution in [-0.2, 0) is 10.3 Å². The van der Waals surface area contributed by atoms with E-state index in [4.69, 9.17) is 4.74 Å². The van der Waals surface area contributed by atoms with Gasteiger partial charge in [-0.1, -0.05) is 28.1 Å². The largest absolute Gasteiger partial charge is 0.385 e. The molecule has 21 heavy (non-hydrogen) atoms. The molecule has 1 saturated heterocycles. The molecule has 2 atom stereocenters. The first-order valence-corrected chi connectivity index (χ1v) is 8.64. The molecule has 118 valence electrons. The molecule has 1 heterocycles. The van der Waals surface area contributed by atoms with Crippen LogP contribution in [0.4, 0.5) is 0 Å². The lowest BCUT2D eigenvalue weighted by atomic mass is 9.74. The molecule has 0 spiro atoms. The maximum Gasteiger partial charge on any atom is 0.0937 e. The minimum atomic E-state index is -0.745. The molecule has 0 aromatic heterocycles. The van der Waals surface area contributed by atoms with Gasteiger partial charge in [0, 0.05) is 30.7 Å². The summed E-state index contributed by atoms with van der Waals surface area (Å²) in [6.07, 6.45) is 4.98. The molecule has 1 fully saturated rings. The molecule has 0 bridgehead atoms. The summed E-state index contributed by atoms with van der Waals surface area (Å²) in [5.74, 6) is 0.281. The minimum absolute atomic E-state index is 0.281. The van der Waals surface area contributed by atoms with Crippen molar-refractivity contribution in [1.82, 2.24) is 5.32 Å². The Kier molecular flexibility index (Phi) is 6.68. The van der Waals surface area contributed by atoms with Crippen LogP contribution < -0.4 is 5.32 Å². The Labute approximate surface area is 136 Å². The molecule has 1 aliphatic heterocycles. The molecule has 2 rings (SSSR count). The number of halogens is 1. The van der Waals surface area contributed by atoms with Crippen molar-refractivity contribution in [2.24, 2.45) is 5.92 Å². The smallest absolute Gasteiger partial charge is 0.0937 e. The summed E-state index contributed by atoms with van der Waals surface area (Å²) < 4.78 is 6.15. The Hall–Kier alpha value is -0.420. The van der Waals surface area contributed by atoms with E-state index in [1.165, 1.54) is 0 Å². The van der Waals surface area contributed by atoms with Crippen LogP contribution in [0.2, 0.25) is 0 Å². The molecule has 1 aromatic carbocycles. The van der Waals surface area contributed by atoms with Gasteiger partial charge in [0.25, 0.3) is 0 Å². The van der Waals surface area contributed by atoms with E-state index in [-0.39, 0.29) is 5.92 Å². The zero-order valence-electron chi connectivity index (χ0n) is 12.8. The van der Waals surface area contributed by atoms with E-state index >= 15 is 0 Å². The highest BCUT2D eigenvalue weighted by Gasteiger charge is 2.38. The summed E-state index contributed by atoms with van der Waals surface area (Å²) in [6, 6.07) is 8.13. The molecule has 1 aromatic rings. The van der Waals surface area contributed by atoms with Crippen LogP contribution in [0, 0.1) is 5.92 Å². The van der Waals surface area contributed by atoms with Crippen molar-refractivity contribution in [3.8, 4) is 0 Å². The van der Waals surface area contributed by atoms with Gasteiger partial charge < -0.3 is 15.2 Å². The summed E-state index contributed by atoms with van der Waals surface area (Å²) >= 11 is 3.52. The van der Waals surface area contributed by atoms with Crippen LogP contribution >= 0.6 is 15.9 Å². The van der Waals surface area contributed by atoms with Crippen molar-refractivity contribution in [3.63, 3.8) is 0 Å². The Bertz CT molecular complexity index is 435. The topological polar surface area (TPSA) is 41.5 Å². The van der Waals surface area contributed by atoms with Gasteiger partial charge in [-0.05, 0) is 56.3 Å². The van der Waals surface area contributed by atoms with Crippen LogP contribution in [-0.4, -0.2) is 31.9 Å². The van der Waals surface area contributed by atoms with Crippen LogP contribution in [0.15, 0.2) is 28.7 Å². The third-order valence-electron chi connectivity index (χ3n) is 4.45. The lowest BCUT2D eigenvalue weighted by molar-refractivity contribution is -0.0434. The second kappa shape index (κ2) is 8.28. The fourth-order valence-electron chi connectivity index (χ4n) is 3.24. The van der Waals surface area contributed by atoms with Gasteiger partial charge in [-0.3, -0.25) is 0 Å². The Morgan fingerprint density at radius 1 is 1.43 bits per heavy atom. The molecule has 2 N–H and O–H groups in total. The van der Waals surface area contributed by atoms with E-state index in [0.29, 0.717) is 0 Å². The first-order chi connectivity index (χ1) is 10.2. The highest BCUT2D eigenvalue weighted by Crippen LogP contribution is 2.39. The molecule has 0 radical (unpaired) electrons. The van der Waals surface area contributed by atoms with Gasteiger partial charge in [-0.2, -0.15) is 0 Å². The first kappa shape index (κ1) is 16.9. The molecule has 1 unspecified atom stereocenters. The highest BCUT2D eigenvalue weighted by molar-refractivity contribution is 9.10. The molecule has 0 aliphatic carbocycles. The summed E-state index contributed by atoms with van der Waals surface area (Å²) in [6.45, 7) is 2.72. The van der Waals surface area contributed by atoms with Crippen LogP contribution in [0.1, 0.15) is 37.7 Å². The molecule has 3 nitrogen and oxygen atoms in total. The number of methoxy groups -OCH3 is 1. The first-order valence-electron chi connectivity index (χ1n) is 7.85. The number of ether oxygens (including phenoxy) is 1. The number of benzene rings is 1. The number of aliphatic hydroxyl groups is 1. The number of nitrogens with one attached hydrogen (secondary N) is 1. The summed E-state index contributed by atoms with van der Waals surface area (Å²) in [4.78, 5) is 0. The molecule has 0 amide bonds. The Balaban J connectivity index is 2.15. The molecule has 1 aliphatic rings. The van der Waals surface area contributed by atoms with Crippen LogP contribution in [0.3, 0.4) is 0 Å². The second-order valence-corrected chi connectivity index (χ2v) is 6.84. The van der Waals surface area contributed by atoms with Crippen molar-refractivity contribution in [1.29, 1.82) is 0 Å². The van der Waals surface area contributed by atoms with Crippen molar-refractivity contribution in [2.45, 2.75) is 37.7 Å². The second-order valence-electron chi connectivity index (χ2n) is 5.93. The van der Waals surface area contributed by atoms with Crippen molar-refractivity contribution >= 4 is 15.9 Å². The van der Waals surface area contributed by atoms with Gasteiger partial charge in [-0.15, -0.1) is 0 Å². The SMILES string of the molecule is COCCCC[C@@](O)(c1cccc(Br)c1)C1CCCNC1. The normalized spacial score (nSPS) is 22.0. The van der Waals surface area contributed by atoms with E-state index < -0.39 is 5.60 Å². The summed E-state index contributed by atoms with van der Waals surface area (Å²) in [5, 5.41) is 14.9. The monoisotopic (exact) mass is 355 g/mol. The maximum absolute atomic E-state index is 11.4. The number of hydrogen-bond donors (Lipinski definition) is 2. The van der Waals surface area contributed by atoms with E-state index in [1.807, 2.05) is 12.1 Å². The molecule has 4 heteroatoms. The third-order valence-corrected chi connectivity index (χ3v) is 4.95. The van der Waals surface area contributed by atoms with Crippen molar-refractivity contribution < 1.29 is 9.84 Å². The van der Waals surface area contributed by atoms with Gasteiger partial charge in [0.2, 0.25) is 0 Å². The van der Waals surface area contributed by atoms with Crippen LogP contribution in [0.25, 0.3) is 0 Å². The standard InChI is InChI=1S/C17H26BrNO2/c1-21-11-3-2-9-17(20,15-7-5-10-19-13-15)14-6-4-8-16(18)12-14/h4,6,8,12,15,19-20H,2-3,5,7,9-11,13H2,1H3/t15?,17-/m1/s1.